The second kappa shape index (κ2) is 5.36. The van der Waals surface area contributed by atoms with Crippen LogP contribution >= 0.6 is 28.1 Å². The minimum Gasteiger partial charge on any atom is -0.316 e. The van der Waals surface area contributed by atoms with Gasteiger partial charge in [-0.3, -0.25) is 13.9 Å². The molecule has 0 saturated heterocycles. The molecule has 22 heavy (non-hydrogen) atoms. The maximum atomic E-state index is 12.4. The summed E-state index contributed by atoms with van der Waals surface area (Å²) in [6.07, 6.45) is 0. The lowest BCUT2D eigenvalue weighted by Crippen LogP contribution is -2.37. The molecule has 2 heterocycles. The zero-order valence-corrected chi connectivity index (χ0v) is 14.4. The first kappa shape index (κ1) is 15.0. The first-order valence-electron chi connectivity index (χ1n) is 6.53. The summed E-state index contributed by atoms with van der Waals surface area (Å²) in [6, 6.07) is 7.78. The summed E-state index contributed by atoms with van der Waals surface area (Å²) in [4.78, 5) is 27.4. The van der Waals surface area contributed by atoms with Gasteiger partial charge in [0.2, 0.25) is 0 Å². The van der Waals surface area contributed by atoms with Crippen molar-refractivity contribution in [3.8, 4) is 0 Å². The molecule has 0 aliphatic heterocycles. The number of aromatic nitrogens is 4. The highest BCUT2D eigenvalue weighted by molar-refractivity contribution is 9.10. The zero-order valence-electron chi connectivity index (χ0n) is 12.0. The zero-order chi connectivity index (χ0) is 16.0. The van der Waals surface area contributed by atoms with Crippen LogP contribution in [0.15, 0.2) is 38.3 Å². The minimum atomic E-state index is -0.385. The average molecular weight is 381 g/mol. The number of aromatic amines is 1. The smallest absolute Gasteiger partial charge is 0.316 e. The van der Waals surface area contributed by atoms with E-state index in [1.54, 1.807) is 11.6 Å². The predicted octanol–water partition coefficient (Wildman–Crippen LogP) is 1.91. The van der Waals surface area contributed by atoms with Gasteiger partial charge in [0.25, 0.3) is 5.56 Å². The van der Waals surface area contributed by atoms with Crippen molar-refractivity contribution in [1.29, 1.82) is 0 Å². The van der Waals surface area contributed by atoms with Gasteiger partial charge in [0, 0.05) is 18.6 Å². The Morgan fingerprint density at radius 2 is 1.77 bits per heavy atom. The summed E-state index contributed by atoms with van der Waals surface area (Å²) in [7, 11) is 3.07. The van der Waals surface area contributed by atoms with E-state index in [9.17, 15) is 9.59 Å². The molecule has 8 heteroatoms. The Bertz CT molecular complexity index is 1040. The number of rotatable bonds is 2. The molecule has 0 aliphatic carbocycles. The van der Waals surface area contributed by atoms with Crippen LogP contribution in [-0.4, -0.2) is 18.7 Å². The molecule has 0 fully saturated rings. The molecule has 0 saturated carbocycles. The molecule has 6 nitrogen and oxygen atoms in total. The third-order valence-corrected chi connectivity index (χ3v) is 4.49. The Morgan fingerprint density at radius 1 is 1.14 bits per heavy atom. The van der Waals surface area contributed by atoms with Gasteiger partial charge in [0.05, 0.1) is 6.54 Å². The van der Waals surface area contributed by atoms with Crippen LogP contribution in [0.4, 0.5) is 0 Å². The molecular formula is C14H13BrN4O2S. The summed E-state index contributed by atoms with van der Waals surface area (Å²) in [5, 5.41) is 0. The maximum absolute atomic E-state index is 12.4. The molecule has 0 atom stereocenters. The van der Waals surface area contributed by atoms with E-state index >= 15 is 0 Å². The lowest BCUT2D eigenvalue weighted by molar-refractivity contribution is 0.702. The van der Waals surface area contributed by atoms with E-state index in [2.05, 4.69) is 20.9 Å². The van der Waals surface area contributed by atoms with Crippen LogP contribution in [0.2, 0.25) is 0 Å². The first-order valence-corrected chi connectivity index (χ1v) is 7.73. The van der Waals surface area contributed by atoms with Crippen molar-refractivity contribution in [3.05, 3.63) is 59.9 Å². The highest BCUT2D eigenvalue weighted by Gasteiger charge is 2.15. The Labute approximate surface area is 138 Å². The maximum Gasteiger partial charge on any atom is 0.332 e. The number of benzene rings is 1. The minimum absolute atomic E-state index is 0.359. The number of hydrogen-bond donors (Lipinski definition) is 1. The van der Waals surface area contributed by atoms with E-state index in [1.165, 1.54) is 11.6 Å². The molecule has 114 valence electrons. The van der Waals surface area contributed by atoms with Gasteiger partial charge in [0.1, 0.15) is 5.65 Å². The van der Waals surface area contributed by atoms with Crippen LogP contribution in [0.1, 0.15) is 5.56 Å². The molecule has 3 rings (SSSR count). The second-order valence-electron chi connectivity index (χ2n) is 5.05. The van der Waals surface area contributed by atoms with E-state index in [0.717, 1.165) is 14.6 Å². The van der Waals surface area contributed by atoms with Crippen molar-refractivity contribution in [2.24, 2.45) is 14.1 Å². The molecule has 0 spiro atoms. The van der Waals surface area contributed by atoms with Crippen molar-refractivity contribution in [2.75, 3.05) is 0 Å². The molecule has 1 N–H and O–H groups in total. The molecule has 3 aromatic rings. The first-order chi connectivity index (χ1) is 10.4. The Kier molecular flexibility index (Phi) is 3.65. The molecule has 0 radical (unpaired) electrons. The summed E-state index contributed by atoms with van der Waals surface area (Å²) >= 11 is 8.71. The molecule has 0 bridgehead atoms. The van der Waals surface area contributed by atoms with Gasteiger partial charge < -0.3 is 9.55 Å². The van der Waals surface area contributed by atoms with Gasteiger partial charge in [-0.05, 0) is 29.9 Å². The Hall–Kier alpha value is -1.93. The quantitative estimate of drug-likeness (QED) is 0.690. The number of fused-ring (bicyclic) bond motifs is 1. The molecular weight excluding hydrogens is 368 g/mol. The van der Waals surface area contributed by atoms with E-state index in [0.29, 0.717) is 22.5 Å². The van der Waals surface area contributed by atoms with Crippen molar-refractivity contribution < 1.29 is 0 Å². The van der Waals surface area contributed by atoms with Gasteiger partial charge in [-0.2, -0.15) is 0 Å². The van der Waals surface area contributed by atoms with Crippen molar-refractivity contribution in [3.63, 3.8) is 0 Å². The Morgan fingerprint density at radius 3 is 2.41 bits per heavy atom. The lowest BCUT2D eigenvalue weighted by atomic mass is 10.2. The molecule has 0 amide bonds. The van der Waals surface area contributed by atoms with Gasteiger partial charge in [0.15, 0.2) is 10.3 Å². The number of imidazole rings is 1. The molecule has 0 aliphatic rings. The summed E-state index contributed by atoms with van der Waals surface area (Å²) < 4.78 is 5.59. The second-order valence-corrected chi connectivity index (χ2v) is 6.35. The van der Waals surface area contributed by atoms with Gasteiger partial charge in [-0.1, -0.05) is 28.1 Å². The fourth-order valence-electron chi connectivity index (χ4n) is 2.41. The van der Waals surface area contributed by atoms with Crippen LogP contribution in [0.3, 0.4) is 0 Å². The van der Waals surface area contributed by atoms with Crippen LogP contribution in [0.25, 0.3) is 11.2 Å². The van der Waals surface area contributed by atoms with Crippen LogP contribution < -0.4 is 11.2 Å². The standard InChI is InChI=1S/C14H13BrN4O2S/c1-17-11-10(12(20)18(2)14(17)21)19(13(22)16-11)7-8-3-5-9(15)6-4-8/h3-6H,7H2,1-2H3,(H,16,22). The SMILES string of the molecule is Cn1c(=O)c2c([nH]c(=S)n2Cc2ccc(Br)cc2)n(C)c1=O. The number of halogens is 1. The highest BCUT2D eigenvalue weighted by atomic mass is 79.9. The van der Waals surface area contributed by atoms with Gasteiger partial charge in [-0.15, -0.1) is 0 Å². The van der Waals surface area contributed by atoms with Crippen molar-refractivity contribution in [1.82, 2.24) is 18.7 Å². The largest absolute Gasteiger partial charge is 0.332 e. The van der Waals surface area contributed by atoms with Crippen LogP contribution in [-0.2, 0) is 20.6 Å². The lowest BCUT2D eigenvalue weighted by Gasteiger charge is -2.07. The van der Waals surface area contributed by atoms with E-state index in [-0.39, 0.29) is 11.2 Å². The molecule has 2 aromatic heterocycles. The third kappa shape index (κ3) is 2.28. The topological polar surface area (TPSA) is 64.7 Å². The number of hydrogen-bond acceptors (Lipinski definition) is 3. The summed E-state index contributed by atoms with van der Waals surface area (Å²) in [5.41, 5.74) is 1.11. The van der Waals surface area contributed by atoms with E-state index in [1.807, 2.05) is 24.3 Å². The monoisotopic (exact) mass is 380 g/mol. The van der Waals surface area contributed by atoms with E-state index in [4.69, 9.17) is 12.2 Å². The van der Waals surface area contributed by atoms with Gasteiger partial charge >= 0.3 is 5.69 Å². The number of H-pyrrole nitrogens is 1. The fourth-order valence-corrected chi connectivity index (χ4v) is 2.92. The normalized spacial score (nSPS) is 11.2. The molecule has 1 aromatic carbocycles. The third-order valence-electron chi connectivity index (χ3n) is 3.64. The van der Waals surface area contributed by atoms with Gasteiger partial charge in [-0.25, -0.2) is 4.79 Å². The number of nitrogens with zero attached hydrogens (tertiary/aromatic N) is 3. The Balaban J connectivity index is 2.29. The molecule has 0 unspecified atom stereocenters. The summed E-state index contributed by atoms with van der Waals surface area (Å²) in [5.74, 6) is 0. The highest BCUT2D eigenvalue weighted by Crippen LogP contribution is 2.14. The average Bonchev–Trinajstić information content (AvgIpc) is 2.82. The summed E-state index contributed by atoms with van der Waals surface area (Å²) in [6.45, 7) is 0.458. The predicted molar refractivity (Wildman–Crippen MR) is 90.8 cm³/mol. The van der Waals surface area contributed by atoms with E-state index < -0.39 is 0 Å². The van der Waals surface area contributed by atoms with Crippen LogP contribution in [0.5, 0.6) is 0 Å². The number of nitrogens with one attached hydrogen (secondary N) is 1. The number of aryl methyl sites for hydroxylation is 1. The van der Waals surface area contributed by atoms with Crippen LogP contribution in [0, 0.1) is 4.77 Å². The van der Waals surface area contributed by atoms with Crippen molar-refractivity contribution >= 4 is 39.3 Å². The van der Waals surface area contributed by atoms with Crippen molar-refractivity contribution in [2.45, 2.75) is 6.54 Å². The fraction of sp³-hybridized carbons (Fsp3) is 0.214.